The summed E-state index contributed by atoms with van der Waals surface area (Å²) >= 11 is 0. The lowest BCUT2D eigenvalue weighted by Crippen LogP contribution is -2.30. The van der Waals surface area contributed by atoms with Crippen molar-refractivity contribution in [3.63, 3.8) is 0 Å². The van der Waals surface area contributed by atoms with Gasteiger partial charge in [0.2, 0.25) is 0 Å². The lowest BCUT2D eigenvalue weighted by molar-refractivity contribution is -0.145. The van der Waals surface area contributed by atoms with E-state index in [1.54, 1.807) is 31.4 Å². The molecule has 0 aromatic carbocycles. The van der Waals surface area contributed by atoms with E-state index >= 15 is 0 Å². The number of carbonyl (C=O) groups excluding carboxylic acids is 1. The molecule has 1 N–H and O–H groups in total. The second-order valence-corrected chi connectivity index (χ2v) is 2.63. The molecule has 0 spiro atoms. The third-order valence-corrected chi connectivity index (χ3v) is 1.70. The van der Waals surface area contributed by atoms with Gasteiger partial charge in [-0.3, -0.25) is 4.79 Å². The normalized spacial score (nSPS) is 16.9. The average molecular weight is 191 g/mol. The SMILES string of the molecule is CCOC(=O)C(C#N)[C]1C=CC=CN1. The van der Waals surface area contributed by atoms with Crippen LogP contribution in [0.4, 0.5) is 0 Å². The van der Waals surface area contributed by atoms with Crippen LogP contribution >= 0.6 is 0 Å². The van der Waals surface area contributed by atoms with Gasteiger partial charge in [-0.25, -0.2) is 0 Å². The number of nitrogens with zero attached hydrogens (tertiary/aromatic N) is 1. The topological polar surface area (TPSA) is 62.1 Å². The average Bonchev–Trinajstić information content (AvgIpc) is 2.21. The van der Waals surface area contributed by atoms with Gasteiger partial charge in [0.25, 0.3) is 0 Å². The van der Waals surface area contributed by atoms with Gasteiger partial charge in [0, 0.05) is 0 Å². The van der Waals surface area contributed by atoms with Gasteiger partial charge in [0.15, 0.2) is 5.92 Å². The van der Waals surface area contributed by atoms with Gasteiger partial charge in [-0.2, -0.15) is 5.26 Å². The van der Waals surface area contributed by atoms with Crippen LogP contribution in [0.1, 0.15) is 6.92 Å². The lowest BCUT2D eigenvalue weighted by Gasteiger charge is -2.18. The Morgan fingerprint density at radius 1 is 1.71 bits per heavy atom. The summed E-state index contributed by atoms with van der Waals surface area (Å²) in [5.41, 5.74) is 0. The van der Waals surface area contributed by atoms with Crippen LogP contribution in [0.15, 0.2) is 24.4 Å². The number of esters is 1. The van der Waals surface area contributed by atoms with Crippen molar-refractivity contribution in [1.29, 1.82) is 5.26 Å². The minimum atomic E-state index is -0.865. The van der Waals surface area contributed by atoms with E-state index in [0.717, 1.165) is 0 Å². The number of hydrogen-bond acceptors (Lipinski definition) is 4. The minimum Gasteiger partial charge on any atom is -0.465 e. The molecule has 1 radical (unpaired) electrons. The van der Waals surface area contributed by atoms with Crippen LogP contribution in [0.25, 0.3) is 0 Å². The summed E-state index contributed by atoms with van der Waals surface area (Å²) in [7, 11) is 0. The van der Waals surface area contributed by atoms with Gasteiger partial charge in [0.1, 0.15) is 6.04 Å². The third kappa shape index (κ3) is 2.36. The number of ether oxygens (including phenoxy) is 1. The van der Waals surface area contributed by atoms with Crippen molar-refractivity contribution in [1.82, 2.24) is 5.32 Å². The van der Waals surface area contributed by atoms with Gasteiger partial charge in [-0.15, -0.1) is 0 Å². The largest absolute Gasteiger partial charge is 0.465 e. The minimum absolute atomic E-state index is 0.282. The first kappa shape index (κ1) is 10.3. The molecule has 0 aliphatic carbocycles. The van der Waals surface area contributed by atoms with Crippen molar-refractivity contribution in [3.8, 4) is 6.07 Å². The van der Waals surface area contributed by atoms with Crippen molar-refractivity contribution in [2.24, 2.45) is 5.92 Å². The monoisotopic (exact) mass is 191 g/mol. The lowest BCUT2D eigenvalue weighted by atomic mass is 10.00. The number of nitriles is 1. The standard InChI is InChI=1S/C10H11N2O2/c1-2-14-10(13)8(7-11)9-5-3-4-6-12-9/h3-6,8,12H,2H2,1H3. The maximum Gasteiger partial charge on any atom is 0.326 e. The van der Waals surface area contributed by atoms with Crippen molar-refractivity contribution in [3.05, 3.63) is 30.5 Å². The summed E-state index contributed by atoms with van der Waals surface area (Å²) in [4.78, 5) is 11.3. The first-order valence-electron chi connectivity index (χ1n) is 4.32. The molecule has 1 unspecified atom stereocenters. The Morgan fingerprint density at radius 2 is 2.50 bits per heavy atom. The molecule has 0 saturated carbocycles. The molecule has 0 bridgehead atoms. The molecular formula is C10H11N2O2. The van der Waals surface area contributed by atoms with E-state index in [0.29, 0.717) is 6.04 Å². The fourth-order valence-electron chi connectivity index (χ4n) is 1.06. The van der Waals surface area contributed by atoms with Crippen molar-refractivity contribution < 1.29 is 9.53 Å². The Bertz CT molecular complexity index is 302. The zero-order chi connectivity index (χ0) is 10.4. The van der Waals surface area contributed by atoms with Crippen LogP contribution in [0.3, 0.4) is 0 Å². The van der Waals surface area contributed by atoms with Gasteiger partial charge in [-0.05, 0) is 19.2 Å². The van der Waals surface area contributed by atoms with Crippen LogP contribution in [0.2, 0.25) is 0 Å². The van der Waals surface area contributed by atoms with Gasteiger partial charge < -0.3 is 10.1 Å². The Hall–Kier alpha value is -1.76. The molecule has 4 nitrogen and oxygen atoms in total. The highest BCUT2D eigenvalue weighted by Gasteiger charge is 2.28. The predicted molar refractivity (Wildman–Crippen MR) is 50.4 cm³/mol. The summed E-state index contributed by atoms with van der Waals surface area (Å²) in [6.07, 6.45) is 6.89. The van der Waals surface area contributed by atoms with Crippen LogP contribution < -0.4 is 5.32 Å². The van der Waals surface area contributed by atoms with E-state index in [2.05, 4.69) is 5.32 Å². The van der Waals surface area contributed by atoms with E-state index in [1.807, 2.05) is 6.07 Å². The van der Waals surface area contributed by atoms with Crippen LogP contribution in [0, 0.1) is 23.3 Å². The van der Waals surface area contributed by atoms with E-state index in [-0.39, 0.29) is 6.61 Å². The summed E-state index contributed by atoms with van der Waals surface area (Å²) in [6.45, 7) is 1.99. The molecule has 1 atom stereocenters. The molecule has 73 valence electrons. The van der Waals surface area contributed by atoms with Crippen molar-refractivity contribution in [2.45, 2.75) is 6.92 Å². The molecule has 0 amide bonds. The molecule has 1 rings (SSSR count). The Kier molecular flexibility index (Phi) is 3.74. The molecule has 4 heteroatoms. The molecular weight excluding hydrogens is 180 g/mol. The maximum atomic E-state index is 11.3. The number of rotatable bonds is 3. The van der Waals surface area contributed by atoms with Crippen LogP contribution in [-0.2, 0) is 9.53 Å². The number of nitrogens with one attached hydrogen (secondary N) is 1. The third-order valence-electron chi connectivity index (χ3n) is 1.70. The van der Waals surface area contributed by atoms with Crippen molar-refractivity contribution in [2.75, 3.05) is 6.61 Å². The first-order valence-corrected chi connectivity index (χ1v) is 4.32. The second-order valence-electron chi connectivity index (χ2n) is 2.63. The van der Waals surface area contributed by atoms with Crippen LogP contribution in [-0.4, -0.2) is 12.6 Å². The number of hydrogen-bond donors (Lipinski definition) is 1. The number of allylic oxidation sites excluding steroid dienone is 2. The van der Waals surface area contributed by atoms with E-state index < -0.39 is 11.9 Å². The Labute approximate surface area is 82.9 Å². The molecule has 0 fully saturated rings. The number of carbonyl (C=O) groups is 1. The van der Waals surface area contributed by atoms with Gasteiger partial charge in [-0.1, -0.05) is 12.2 Å². The fraction of sp³-hybridized carbons (Fsp3) is 0.300. The summed E-state index contributed by atoms with van der Waals surface area (Å²) in [6, 6.07) is 2.45. The summed E-state index contributed by atoms with van der Waals surface area (Å²) in [5.74, 6) is -1.38. The van der Waals surface area contributed by atoms with E-state index in [9.17, 15) is 4.79 Å². The molecule has 0 aromatic heterocycles. The summed E-state index contributed by atoms with van der Waals surface area (Å²) < 4.78 is 4.77. The van der Waals surface area contributed by atoms with Crippen molar-refractivity contribution >= 4 is 5.97 Å². The molecule has 0 saturated heterocycles. The molecule has 14 heavy (non-hydrogen) atoms. The molecule has 0 aromatic rings. The second kappa shape index (κ2) is 5.07. The predicted octanol–water partition coefficient (Wildman–Crippen LogP) is 0.894. The van der Waals surface area contributed by atoms with Crippen LogP contribution in [0.5, 0.6) is 0 Å². The zero-order valence-electron chi connectivity index (χ0n) is 7.86. The maximum absolute atomic E-state index is 11.3. The summed E-state index contributed by atoms with van der Waals surface area (Å²) in [5, 5.41) is 11.6. The molecule has 1 heterocycles. The fourth-order valence-corrected chi connectivity index (χ4v) is 1.06. The zero-order valence-corrected chi connectivity index (χ0v) is 7.86. The Morgan fingerprint density at radius 3 is 3.00 bits per heavy atom. The highest BCUT2D eigenvalue weighted by molar-refractivity contribution is 5.78. The Balaban J connectivity index is 2.63. The molecule has 1 aliphatic heterocycles. The van der Waals surface area contributed by atoms with Gasteiger partial charge in [0.05, 0.1) is 12.7 Å². The van der Waals surface area contributed by atoms with Gasteiger partial charge >= 0.3 is 5.97 Å². The highest BCUT2D eigenvalue weighted by atomic mass is 16.5. The smallest absolute Gasteiger partial charge is 0.326 e. The first-order chi connectivity index (χ1) is 6.79. The van der Waals surface area contributed by atoms with E-state index in [1.165, 1.54) is 0 Å². The van der Waals surface area contributed by atoms with E-state index in [4.69, 9.17) is 10.00 Å². The molecule has 1 aliphatic rings. The quantitative estimate of drug-likeness (QED) is 0.673. The highest BCUT2D eigenvalue weighted by Crippen LogP contribution is 2.16. The number of dihydropyridines is 1.